The molecular weight excluding hydrogens is 284 g/mol. The minimum Gasteiger partial charge on any atom is -0.376 e. The average molecular weight is 308 g/mol. The van der Waals surface area contributed by atoms with E-state index in [4.69, 9.17) is 4.74 Å². The highest BCUT2D eigenvalue weighted by Crippen LogP contribution is 2.23. The van der Waals surface area contributed by atoms with E-state index in [1.54, 1.807) is 11.3 Å². The van der Waals surface area contributed by atoms with E-state index in [1.807, 2.05) is 4.90 Å². The lowest BCUT2D eigenvalue weighted by molar-refractivity contribution is -0.138. The fourth-order valence-corrected chi connectivity index (χ4v) is 3.95. The van der Waals surface area contributed by atoms with Crippen LogP contribution in [-0.2, 0) is 16.1 Å². The first kappa shape index (κ1) is 15.0. The summed E-state index contributed by atoms with van der Waals surface area (Å²) in [5.41, 5.74) is 0. The van der Waals surface area contributed by atoms with Crippen LogP contribution in [0, 0.1) is 11.8 Å². The molecule has 0 spiro atoms. The Morgan fingerprint density at radius 2 is 2.43 bits per heavy atom. The molecule has 1 aromatic heterocycles. The molecule has 1 aromatic rings. The van der Waals surface area contributed by atoms with Gasteiger partial charge in [-0.05, 0) is 36.8 Å². The molecule has 4 nitrogen and oxygen atoms in total. The minimum atomic E-state index is 0.117. The predicted molar refractivity (Wildman–Crippen MR) is 84.2 cm³/mol. The normalized spacial score (nSPS) is 28.9. The summed E-state index contributed by atoms with van der Waals surface area (Å²) in [6.45, 7) is 6.22. The number of nitrogens with one attached hydrogen (secondary N) is 1. The second kappa shape index (κ2) is 6.90. The van der Waals surface area contributed by atoms with Crippen molar-refractivity contribution in [1.29, 1.82) is 0 Å². The van der Waals surface area contributed by atoms with Crippen LogP contribution in [0.5, 0.6) is 0 Å². The Morgan fingerprint density at radius 3 is 3.05 bits per heavy atom. The van der Waals surface area contributed by atoms with Crippen LogP contribution in [0.25, 0.3) is 0 Å². The molecule has 1 N–H and O–H groups in total. The van der Waals surface area contributed by atoms with Crippen molar-refractivity contribution in [3.8, 4) is 0 Å². The molecule has 2 fully saturated rings. The van der Waals surface area contributed by atoms with Gasteiger partial charge in [-0.25, -0.2) is 0 Å². The van der Waals surface area contributed by atoms with Crippen molar-refractivity contribution < 1.29 is 9.53 Å². The molecule has 0 aromatic carbocycles. The molecule has 5 heteroatoms. The van der Waals surface area contributed by atoms with Gasteiger partial charge in [-0.15, -0.1) is 11.3 Å². The maximum Gasteiger partial charge on any atom is 0.227 e. The lowest BCUT2D eigenvalue weighted by atomic mass is 9.96. The number of amides is 1. The fraction of sp³-hybridized carbons (Fsp3) is 0.688. The topological polar surface area (TPSA) is 41.6 Å². The molecule has 3 rings (SSSR count). The van der Waals surface area contributed by atoms with Crippen LogP contribution < -0.4 is 5.32 Å². The van der Waals surface area contributed by atoms with Gasteiger partial charge in [-0.1, -0.05) is 13.0 Å². The summed E-state index contributed by atoms with van der Waals surface area (Å²) < 4.78 is 5.74. The van der Waals surface area contributed by atoms with Crippen LogP contribution in [-0.4, -0.2) is 43.2 Å². The first-order valence-electron chi connectivity index (χ1n) is 7.87. The SMILES string of the molecule is C[C@@H]1CNC[C@H]1C(=O)N(Cc1cccs1)CC1CCCO1. The van der Waals surface area contributed by atoms with Gasteiger partial charge in [0.05, 0.1) is 18.6 Å². The molecule has 21 heavy (non-hydrogen) atoms. The number of hydrogen-bond donors (Lipinski definition) is 1. The predicted octanol–water partition coefficient (Wildman–Crippen LogP) is 2.11. The maximum absolute atomic E-state index is 12.9. The van der Waals surface area contributed by atoms with Crippen LogP contribution in [0.3, 0.4) is 0 Å². The van der Waals surface area contributed by atoms with E-state index in [2.05, 4.69) is 29.8 Å². The van der Waals surface area contributed by atoms with Crippen LogP contribution in [0.2, 0.25) is 0 Å². The highest BCUT2D eigenvalue weighted by Gasteiger charge is 2.34. The Hall–Kier alpha value is -0.910. The molecular formula is C16H24N2O2S. The Morgan fingerprint density at radius 1 is 1.52 bits per heavy atom. The standard InChI is InChI=1S/C16H24N2O2S/c1-12-8-17-9-15(12)16(19)18(10-13-4-2-6-20-13)11-14-5-3-7-21-14/h3,5,7,12-13,15,17H,2,4,6,8-11H2,1H3/t12-,13?,15-/m1/s1. The summed E-state index contributed by atoms with van der Waals surface area (Å²) in [4.78, 5) is 16.2. The molecule has 3 heterocycles. The van der Waals surface area contributed by atoms with Crippen molar-refractivity contribution >= 4 is 17.2 Å². The molecule has 116 valence electrons. The molecule has 2 aliphatic heterocycles. The molecule has 1 amide bonds. The Kier molecular flexibility index (Phi) is 4.93. The Bertz CT molecular complexity index is 457. The van der Waals surface area contributed by atoms with Crippen LogP contribution in [0.1, 0.15) is 24.6 Å². The molecule has 0 saturated carbocycles. The van der Waals surface area contributed by atoms with E-state index in [1.165, 1.54) is 4.88 Å². The van der Waals surface area contributed by atoms with Gasteiger partial charge in [0, 0.05) is 24.6 Å². The largest absolute Gasteiger partial charge is 0.376 e. The number of nitrogens with zero attached hydrogens (tertiary/aromatic N) is 1. The zero-order valence-electron chi connectivity index (χ0n) is 12.6. The van der Waals surface area contributed by atoms with E-state index < -0.39 is 0 Å². The highest BCUT2D eigenvalue weighted by molar-refractivity contribution is 7.09. The summed E-state index contributed by atoms with van der Waals surface area (Å²) in [6, 6.07) is 4.16. The van der Waals surface area contributed by atoms with Gasteiger partial charge >= 0.3 is 0 Å². The molecule has 3 atom stereocenters. The lowest BCUT2D eigenvalue weighted by Crippen LogP contribution is -2.42. The fourth-order valence-electron chi connectivity index (χ4n) is 3.23. The summed E-state index contributed by atoms with van der Waals surface area (Å²) in [7, 11) is 0. The second-order valence-corrected chi connectivity index (χ2v) is 7.21. The van der Waals surface area contributed by atoms with Gasteiger partial charge in [-0.2, -0.15) is 0 Å². The summed E-state index contributed by atoms with van der Waals surface area (Å²) in [6.07, 6.45) is 2.42. The van der Waals surface area contributed by atoms with Gasteiger partial charge in [0.25, 0.3) is 0 Å². The number of carbonyl (C=O) groups is 1. The lowest BCUT2D eigenvalue weighted by Gasteiger charge is -2.28. The van der Waals surface area contributed by atoms with E-state index in [-0.39, 0.29) is 17.9 Å². The maximum atomic E-state index is 12.9. The van der Waals surface area contributed by atoms with Crippen molar-refractivity contribution in [3.05, 3.63) is 22.4 Å². The van der Waals surface area contributed by atoms with Gasteiger partial charge in [0.15, 0.2) is 0 Å². The van der Waals surface area contributed by atoms with Crippen LogP contribution in [0.4, 0.5) is 0 Å². The van der Waals surface area contributed by atoms with Gasteiger partial charge in [0.2, 0.25) is 5.91 Å². The van der Waals surface area contributed by atoms with Crippen molar-refractivity contribution in [2.45, 2.75) is 32.4 Å². The summed E-state index contributed by atoms with van der Waals surface area (Å²) in [5, 5.41) is 5.41. The quantitative estimate of drug-likeness (QED) is 0.906. The third-order valence-corrected chi connectivity index (χ3v) is 5.38. The molecule has 2 saturated heterocycles. The van der Waals surface area contributed by atoms with Crippen molar-refractivity contribution in [3.63, 3.8) is 0 Å². The molecule has 0 radical (unpaired) electrons. The highest BCUT2D eigenvalue weighted by atomic mass is 32.1. The summed E-state index contributed by atoms with van der Waals surface area (Å²) >= 11 is 1.72. The zero-order valence-corrected chi connectivity index (χ0v) is 13.4. The smallest absolute Gasteiger partial charge is 0.227 e. The van der Waals surface area contributed by atoms with Crippen molar-refractivity contribution in [2.75, 3.05) is 26.2 Å². The molecule has 1 unspecified atom stereocenters. The van der Waals surface area contributed by atoms with Crippen LogP contribution in [0.15, 0.2) is 17.5 Å². The monoisotopic (exact) mass is 308 g/mol. The number of rotatable bonds is 5. The Balaban J connectivity index is 1.69. The number of thiophene rings is 1. The molecule has 0 bridgehead atoms. The number of ether oxygens (including phenoxy) is 1. The second-order valence-electron chi connectivity index (χ2n) is 6.18. The minimum absolute atomic E-state index is 0.117. The average Bonchev–Trinajstić information content (AvgIpc) is 3.19. The Labute approximate surface area is 130 Å². The first-order valence-corrected chi connectivity index (χ1v) is 8.75. The zero-order chi connectivity index (χ0) is 14.7. The molecule has 0 aliphatic carbocycles. The third kappa shape index (κ3) is 3.65. The van der Waals surface area contributed by atoms with Gasteiger partial charge < -0.3 is 15.0 Å². The first-order chi connectivity index (χ1) is 10.2. The van der Waals surface area contributed by atoms with Crippen molar-refractivity contribution in [1.82, 2.24) is 10.2 Å². The molecule has 2 aliphatic rings. The number of hydrogen-bond acceptors (Lipinski definition) is 4. The van der Waals surface area contributed by atoms with Crippen LogP contribution >= 0.6 is 11.3 Å². The summed E-state index contributed by atoms with van der Waals surface area (Å²) in [5.74, 6) is 0.829. The third-order valence-electron chi connectivity index (χ3n) is 4.52. The van der Waals surface area contributed by atoms with Gasteiger partial charge in [-0.3, -0.25) is 4.79 Å². The van der Waals surface area contributed by atoms with Crippen molar-refractivity contribution in [2.24, 2.45) is 11.8 Å². The van der Waals surface area contributed by atoms with E-state index >= 15 is 0 Å². The van der Waals surface area contributed by atoms with Gasteiger partial charge in [0.1, 0.15) is 0 Å². The number of carbonyl (C=O) groups excluding carboxylic acids is 1. The van der Waals surface area contributed by atoms with E-state index in [9.17, 15) is 4.79 Å². The van der Waals surface area contributed by atoms with E-state index in [0.717, 1.165) is 45.6 Å². The van der Waals surface area contributed by atoms with E-state index in [0.29, 0.717) is 5.92 Å².